The quantitative estimate of drug-likeness (QED) is 0.502. The third-order valence-corrected chi connectivity index (χ3v) is 1.78. The van der Waals surface area contributed by atoms with Gasteiger partial charge in [0.15, 0.2) is 0 Å². The summed E-state index contributed by atoms with van der Waals surface area (Å²) < 4.78 is 0. The van der Waals surface area contributed by atoms with Gasteiger partial charge in [-0.2, -0.15) is 24.3 Å². The largest absolute Gasteiger partial charge is 2.00 e. The topological polar surface area (TPSA) is 65.7 Å². The zero-order valence-electron chi connectivity index (χ0n) is 9.43. The molecule has 2 heterocycles. The minimum atomic E-state index is 0. The molecule has 0 saturated heterocycles. The third-order valence-electron chi connectivity index (χ3n) is 1.78. The molecular formula is C12H12CuN2O2. The molecule has 0 amide bonds. The maximum Gasteiger partial charge on any atom is 2.00 e. The number of carbonyl (C=O) groups excluding carboxylic acids is 2. The first-order valence-electron chi connectivity index (χ1n) is 4.73. The number of rotatable bonds is 2. The summed E-state index contributed by atoms with van der Waals surface area (Å²) in [7, 11) is 0. The Morgan fingerprint density at radius 2 is 1.29 bits per heavy atom. The monoisotopic (exact) mass is 279 g/mol. The van der Waals surface area contributed by atoms with E-state index in [1.54, 1.807) is 24.5 Å². The minimum absolute atomic E-state index is 0. The van der Waals surface area contributed by atoms with Crippen LogP contribution in [0, 0.1) is 12.1 Å². The van der Waals surface area contributed by atoms with Crippen LogP contribution in [0.1, 0.15) is 34.8 Å². The van der Waals surface area contributed by atoms with Crippen LogP contribution in [-0.2, 0) is 17.1 Å². The van der Waals surface area contributed by atoms with E-state index in [1.165, 1.54) is 13.8 Å². The van der Waals surface area contributed by atoms with Crippen molar-refractivity contribution in [1.82, 2.24) is 9.97 Å². The van der Waals surface area contributed by atoms with Gasteiger partial charge in [-0.1, -0.05) is 12.4 Å². The normalized spacial score (nSPS) is 8.59. The molecule has 2 rings (SSSR count). The summed E-state index contributed by atoms with van der Waals surface area (Å²) in [6, 6.07) is 8.82. The van der Waals surface area contributed by atoms with Crippen LogP contribution < -0.4 is 0 Å². The molecule has 5 heteroatoms. The molecule has 93 valence electrons. The molecule has 0 bridgehead atoms. The summed E-state index contributed by atoms with van der Waals surface area (Å²) in [5, 5.41) is 0. The molecule has 0 aliphatic carbocycles. The van der Waals surface area contributed by atoms with E-state index >= 15 is 0 Å². The Morgan fingerprint density at radius 3 is 1.41 bits per heavy atom. The number of aromatic amines is 2. The molecule has 0 aliphatic rings. The molecule has 2 aromatic heterocycles. The van der Waals surface area contributed by atoms with Crippen LogP contribution in [0.5, 0.6) is 0 Å². The fraction of sp³-hybridized carbons (Fsp3) is 0.167. The zero-order valence-corrected chi connectivity index (χ0v) is 10.4. The molecule has 1 radical (unpaired) electrons. The molecule has 0 atom stereocenters. The number of ketones is 2. The van der Waals surface area contributed by atoms with Crippen molar-refractivity contribution >= 4 is 11.6 Å². The number of H-pyrrole nitrogens is 2. The summed E-state index contributed by atoms with van der Waals surface area (Å²) in [6.45, 7) is 3.00. The number of hydrogen-bond acceptors (Lipinski definition) is 2. The number of Topliss-reactive ketones (excluding diaryl/α,β-unsaturated/α-hetero) is 2. The van der Waals surface area contributed by atoms with Crippen LogP contribution in [-0.4, -0.2) is 21.5 Å². The first kappa shape index (κ1) is 15.4. The second-order valence-electron chi connectivity index (χ2n) is 3.11. The van der Waals surface area contributed by atoms with E-state index < -0.39 is 0 Å². The van der Waals surface area contributed by atoms with E-state index in [9.17, 15) is 9.59 Å². The van der Waals surface area contributed by atoms with E-state index in [-0.39, 0.29) is 28.6 Å². The van der Waals surface area contributed by atoms with Crippen molar-refractivity contribution in [2.45, 2.75) is 13.8 Å². The van der Waals surface area contributed by atoms with Crippen LogP contribution in [0.2, 0.25) is 0 Å². The Kier molecular flexibility index (Phi) is 6.94. The number of aromatic nitrogens is 2. The fourth-order valence-corrected chi connectivity index (χ4v) is 0.990. The predicted octanol–water partition coefficient (Wildman–Crippen LogP) is 2.03. The van der Waals surface area contributed by atoms with Gasteiger partial charge in [0.25, 0.3) is 0 Å². The summed E-state index contributed by atoms with van der Waals surface area (Å²) in [5.41, 5.74) is 1.09. The van der Waals surface area contributed by atoms with Crippen molar-refractivity contribution in [2.75, 3.05) is 0 Å². The van der Waals surface area contributed by atoms with Gasteiger partial charge in [-0.3, -0.25) is 0 Å². The summed E-state index contributed by atoms with van der Waals surface area (Å²) >= 11 is 0. The summed E-state index contributed by atoms with van der Waals surface area (Å²) in [5.74, 6) is 0.0463. The van der Waals surface area contributed by atoms with E-state index in [0.717, 1.165) is 0 Å². The first-order chi connectivity index (χ1) is 7.61. The van der Waals surface area contributed by atoms with Gasteiger partial charge in [-0.05, 0) is 25.2 Å². The Bertz CT molecular complexity index is 403. The second kappa shape index (κ2) is 7.65. The molecule has 0 spiro atoms. The van der Waals surface area contributed by atoms with Gasteiger partial charge in [-0.25, -0.2) is 0 Å². The maximum absolute atomic E-state index is 10.4. The van der Waals surface area contributed by atoms with E-state index in [4.69, 9.17) is 0 Å². The van der Waals surface area contributed by atoms with Crippen LogP contribution in [0.25, 0.3) is 0 Å². The number of hydrogen-bond donors (Lipinski definition) is 2. The van der Waals surface area contributed by atoms with Gasteiger partial charge >= 0.3 is 17.1 Å². The van der Waals surface area contributed by atoms with Gasteiger partial charge < -0.3 is 19.6 Å². The Hall–Kier alpha value is -1.58. The zero-order chi connectivity index (χ0) is 12.0. The molecule has 4 nitrogen and oxygen atoms in total. The standard InChI is InChI=1S/2C6H6NO.Cu/c2*1-5(8)6-3-2-4-7-6;/h2*2,4,7H,1H3;/q2*-1;+2. The van der Waals surface area contributed by atoms with Crippen molar-refractivity contribution in [3.8, 4) is 0 Å². The van der Waals surface area contributed by atoms with Crippen LogP contribution in [0.15, 0.2) is 24.5 Å². The van der Waals surface area contributed by atoms with Gasteiger partial charge in [-0.15, -0.1) is 0 Å². The second-order valence-corrected chi connectivity index (χ2v) is 3.11. The van der Waals surface area contributed by atoms with E-state index in [0.29, 0.717) is 11.4 Å². The van der Waals surface area contributed by atoms with Crippen LogP contribution in [0.3, 0.4) is 0 Å². The first-order valence-corrected chi connectivity index (χ1v) is 4.73. The van der Waals surface area contributed by atoms with Gasteiger partial charge in [0.05, 0.1) is 11.6 Å². The van der Waals surface area contributed by atoms with Crippen molar-refractivity contribution in [2.24, 2.45) is 0 Å². The van der Waals surface area contributed by atoms with Crippen LogP contribution in [0.4, 0.5) is 0 Å². The number of carbonyl (C=O) groups is 2. The molecule has 0 unspecified atom stereocenters. The van der Waals surface area contributed by atoms with Crippen LogP contribution >= 0.6 is 0 Å². The Balaban J connectivity index is 0.000000284. The molecular weight excluding hydrogens is 268 g/mol. The summed E-state index contributed by atoms with van der Waals surface area (Å²) in [6.07, 6.45) is 3.35. The Labute approximate surface area is 110 Å². The number of nitrogens with one attached hydrogen (secondary N) is 2. The van der Waals surface area contributed by atoms with Gasteiger partial charge in [0.1, 0.15) is 0 Å². The van der Waals surface area contributed by atoms with Crippen molar-refractivity contribution in [3.05, 3.63) is 48.0 Å². The van der Waals surface area contributed by atoms with Gasteiger partial charge in [0, 0.05) is 0 Å². The summed E-state index contributed by atoms with van der Waals surface area (Å²) in [4.78, 5) is 26.4. The molecule has 2 N–H and O–H groups in total. The SMILES string of the molecule is CC(=O)c1[c-]cc[nH]1.CC(=O)c1[c-]cc[nH]1.[Cu+2]. The van der Waals surface area contributed by atoms with Crippen molar-refractivity contribution in [1.29, 1.82) is 0 Å². The molecule has 0 fully saturated rings. The average Bonchev–Trinajstić information content (AvgIpc) is 2.93. The minimum Gasteiger partial charge on any atom is -0.431 e. The molecule has 2 aromatic rings. The van der Waals surface area contributed by atoms with Gasteiger partial charge in [0.2, 0.25) is 0 Å². The smallest absolute Gasteiger partial charge is 0.431 e. The average molecular weight is 280 g/mol. The molecule has 0 aromatic carbocycles. The predicted molar refractivity (Wildman–Crippen MR) is 59.3 cm³/mol. The molecule has 0 aliphatic heterocycles. The molecule has 0 saturated carbocycles. The van der Waals surface area contributed by atoms with Crippen molar-refractivity contribution in [3.63, 3.8) is 0 Å². The fourth-order valence-electron chi connectivity index (χ4n) is 0.990. The Morgan fingerprint density at radius 1 is 0.941 bits per heavy atom. The third kappa shape index (κ3) is 5.33. The van der Waals surface area contributed by atoms with E-state index in [1.807, 2.05) is 0 Å². The molecule has 17 heavy (non-hydrogen) atoms. The van der Waals surface area contributed by atoms with E-state index in [2.05, 4.69) is 22.1 Å². The maximum atomic E-state index is 10.4. The van der Waals surface area contributed by atoms with Crippen molar-refractivity contribution < 1.29 is 26.7 Å².